The van der Waals surface area contributed by atoms with E-state index in [0.29, 0.717) is 12.4 Å². The van der Waals surface area contributed by atoms with Crippen LogP contribution >= 0.6 is 34.2 Å². The summed E-state index contributed by atoms with van der Waals surface area (Å²) in [5, 5.41) is 3.16. The topological polar surface area (TPSA) is 12.0 Å². The van der Waals surface area contributed by atoms with Crippen LogP contribution in [0.1, 0.15) is 0 Å². The first-order chi connectivity index (χ1) is 6.74. The molecule has 1 nitrogen and oxygen atoms in total. The third kappa shape index (κ3) is 3.84. The lowest BCUT2D eigenvalue weighted by Crippen LogP contribution is -2.00. The average molecular weight is 326 g/mol. The van der Waals surface area contributed by atoms with E-state index in [0.717, 1.165) is 9.26 Å². The largest absolute Gasteiger partial charge is 0.381 e. The summed E-state index contributed by atoms with van der Waals surface area (Å²) < 4.78 is 13.6. The van der Waals surface area contributed by atoms with Crippen LogP contribution in [-0.2, 0) is 0 Å². The molecule has 0 fully saturated rings. The smallest absolute Gasteiger partial charge is 0.124 e. The fourth-order valence-corrected chi connectivity index (χ4v) is 1.74. The second-order valence-electron chi connectivity index (χ2n) is 2.63. The molecule has 1 aromatic rings. The van der Waals surface area contributed by atoms with Gasteiger partial charge >= 0.3 is 0 Å². The van der Waals surface area contributed by atoms with Crippen LogP contribution in [0.5, 0.6) is 0 Å². The Morgan fingerprint density at radius 1 is 1.43 bits per heavy atom. The third-order valence-electron chi connectivity index (χ3n) is 1.60. The van der Waals surface area contributed by atoms with Crippen molar-refractivity contribution in [1.82, 2.24) is 0 Å². The molecule has 0 aliphatic heterocycles. The van der Waals surface area contributed by atoms with Crippen molar-refractivity contribution < 1.29 is 4.39 Å². The summed E-state index contributed by atoms with van der Waals surface area (Å²) in [4.78, 5) is 0. The molecule has 14 heavy (non-hydrogen) atoms. The Morgan fingerprint density at radius 3 is 2.86 bits per heavy atom. The van der Waals surface area contributed by atoms with Crippen LogP contribution in [0.25, 0.3) is 0 Å². The van der Waals surface area contributed by atoms with Crippen molar-refractivity contribution in [2.45, 2.75) is 0 Å². The summed E-state index contributed by atoms with van der Waals surface area (Å²) in [7, 11) is 0. The van der Waals surface area contributed by atoms with Gasteiger partial charge in [-0.15, -0.1) is 11.6 Å². The van der Waals surface area contributed by atoms with Crippen molar-refractivity contribution in [2.75, 3.05) is 17.7 Å². The van der Waals surface area contributed by atoms with Crippen LogP contribution < -0.4 is 5.32 Å². The van der Waals surface area contributed by atoms with Crippen LogP contribution in [0.4, 0.5) is 10.1 Å². The van der Waals surface area contributed by atoms with Gasteiger partial charge in [0.2, 0.25) is 0 Å². The molecular weight excluding hydrogens is 315 g/mol. The van der Waals surface area contributed by atoms with E-state index in [2.05, 4.69) is 27.9 Å². The first-order valence-electron chi connectivity index (χ1n) is 4.14. The molecule has 0 amide bonds. The summed E-state index contributed by atoms with van der Waals surface area (Å²) in [6, 6.07) is 4.66. The molecule has 0 bridgehead atoms. The molecule has 0 heterocycles. The summed E-state index contributed by atoms with van der Waals surface area (Å²) in [6.45, 7) is 0.703. The summed E-state index contributed by atoms with van der Waals surface area (Å²) >= 11 is 7.56. The molecule has 1 rings (SSSR count). The number of rotatable bonds is 4. The molecule has 0 aliphatic rings. The highest BCUT2D eigenvalue weighted by Gasteiger charge is 1.98. The molecule has 0 saturated carbocycles. The second kappa shape index (κ2) is 6.24. The average Bonchev–Trinajstić information content (AvgIpc) is 2.15. The fraction of sp³-hybridized carbons (Fsp3) is 0.200. The molecule has 0 spiro atoms. The SMILES string of the molecule is Fc1ccc(NC/C=C/CCl)c(I)c1. The maximum Gasteiger partial charge on any atom is 0.124 e. The predicted octanol–water partition coefficient (Wildman–Crippen LogP) is 3.64. The van der Waals surface area contributed by atoms with E-state index in [9.17, 15) is 4.39 Å². The maximum absolute atomic E-state index is 12.7. The minimum atomic E-state index is -0.212. The van der Waals surface area contributed by atoms with Gasteiger partial charge in [0.25, 0.3) is 0 Å². The van der Waals surface area contributed by atoms with Gasteiger partial charge in [-0.25, -0.2) is 4.39 Å². The van der Waals surface area contributed by atoms with Crippen molar-refractivity contribution >= 4 is 39.9 Å². The Hall–Kier alpha value is -0.290. The number of halogens is 3. The summed E-state index contributed by atoms with van der Waals surface area (Å²) in [5.74, 6) is 0.304. The highest BCUT2D eigenvalue weighted by atomic mass is 127. The Kier molecular flexibility index (Phi) is 5.25. The van der Waals surface area contributed by atoms with Crippen molar-refractivity contribution in [3.05, 3.63) is 39.7 Å². The van der Waals surface area contributed by atoms with Crippen molar-refractivity contribution in [3.8, 4) is 0 Å². The van der Waals surface area contributed by atoms with Crippen molar-refractivity contribution in [2.24, 2.45) is 0 Å². The Morgan fingerprint density at radius 2 is 2.21 bits per heavy atom. The zero-order valence-electron chi connectivity index (χ0n) is 7.43. The van der Waals surface area contributed by atoms with Crippen molar-refractivity contribution in [1.29, 1.82) is 0 Å². The van der Waals surface area contributed by atoms with Gasteiger partial charge in [0.05, 0.1) is 0 Å². The lowest BCUT2D eigenvalue weighted by atomic mass is 10.3. The fourth-order valence-electron chi connectivity index (χ4n) is 0.948. The van der Waals surface area contributed by atoms with Gasteiger partial charge in [0.15, 0.2) is 0 Å². The first kappa shape index (κ1) is 11.8. The number of allylic oxidation sites excluding steroid dienone is 1. The minimum absolute atomic E-state index is 0.212. The standard InChI is InChI=1S/C10H10ClFIN/c11-5-1-2-6-14-10-4-3-8(12)7-9(10)13/h1-4,7,14H,5-6H2/b2-1+. The summed E-state index contributed by atoms with van der Waals surface area (Å²) in [6.07, 6.45) is 3.80. The third-order valence-corrected chi connectivity index (χ3v) is 2.67. The number of nitrogens with one attached hydrogen (secondary N) is 1. The molecule has 1 N–H and O–H groups in total. The quantitative estimate of drug-likeness (QED) is 0.506. The van der Waals surface area contributed by atoms with Crippen LogP contribution in [0, 0.1) is 9.39 Å². The van der Waals surface area contributed by atoms with E-state index in [1.165, 1.54) is 12.1 Å². The van der Waals surface area contributed by atoms with E-state index in [-0.39, 0.29) is 5.82 Å². The van der Waals surface area contributed by atoms with Gasteiger partial charge in [0, 0.05) is 21.7 Å². The van der Waals surface area contributed by atoms with Crippen LogP contribution in [0.15, 0.2) is 30.4 Å². The number of benzene rings is 1. The predicted molar refractivity (Wildman–Crippen MR) is 67.5 cm³/mol. The van der Waals surface area contributed by atoms with Gasteiger partial charge in [0.1, 0.15) is 5.82 Å². The Labute approximate surface area is 101 Å². The van der Waals surface area contributed by atoms with E-state index in [1.54, 1.807) is 6.07 Å². The lowest BCUT2D eigenvalue weighted by molar-refractivity contribution is 0.627. The first-order valence-corrected chi connectivity index (χ1v) is 5.75. The summed E-state index contributed by atoms with van der Waals surface area (Å²) in [5.41, 5.74) is 0.936. The van der Waals surface area contributed by atoms with Gasteiger partial charge in [-0.3, -0.25) is 0 Å². The van der Waals surface area contributed by atoms with Gasteiger partial charge in [-0.05, 0) is 40.8 Å². The zero-order chi connectivity index (χ0) is 10.4. The molecule has 0 aromatic heterocycles. The van der Waals surface area contributed by atoms with Crippen molar-refractivity contribution in [3.63, 3.8) is 0 Å². The van der Waals surface area contributed by atoms with E-state index < -0.39 is 0 Å². The molecule has 0 radical (unpaired) electrons. The highest BCUT2D eigenvalue weighted by molar-refractivity contribution is 14.1. The van der Waals surface area contributed by atoms with Gasteiger partial charge < -0.3 is 5.32 Å². The Bertz CT molecular complexity index is 328. The number of alkyl halides is 1. The number of hydrogen-bond donors (Lipinski definition) is 1. The molecule has 0 aliphatic carbocycles. The van der Waals surface area contributed by atoms with Crippen LogP contribution in [0.3, 0.4) is 0 Å². The molecular formula is C10H10ClFIN. The number of hydrogen-bond acceptors (Lipinski definition) is 1. The van der Waals surface area contributed by atoms with E-state index >= 15 is 0 Å². The van der Waals surface area contributed by atoms with E-state index in [1.807, 2.05) is 12.2 Å². The Balaban J connectivity index is 2.55. The van der Waals surface area contributed by atoms with Gasteiger partial charge in [-0.1, -0.05) is 12.2 Å². The molecule has 1 aromatic carbocycles. The lowest BCUT2D eigenvalue weighted by Gasteiger charge is -2.05. The molecule has 76 valence electrons. The zero-order valence-corrected chi connectivity index (χ0v) is 10.3. The normalized spacial score (nSPS) is 10.8. The maximum atomic E-state index is 12.7. The highest BCUT2D eigenvalue weighted by Crippen LogP contribution is 2.18. The second-order valence-corrected chi connectivity index (χ2v) is 4.10. The van der Waals surface area contributed by atoms with Crippen LogP contribution in [-0.4, -0.2) is 12.4 Å². The van der Waals surface area contributed by atoms with E-state index in [4.69, 9.17) is 11.6 Å². The molecule has 0 unspecified atom stereocenters. The number of anilines is 1. The molecule has 0 saturated heterocycles. The molecule has 0 atom stereocenters. The molecule has 4 heteroatoms. The van der Waals surface area contributed by atoms with Crippen LogP contribution in [0.2, 0.25) is 0 Å². The minimum Gasteiger partial charge on any atom is -0.381 e. The monoisotopic (exact) mass is 325 g/mol. The van der Waals surface area contributed by atoms with Gasteiger partial charge in [-0.2, -0.15) is 0 Å².